The number of carbonyl (C=O) groups is 1. The fraction of sp³-hybridized carbons (Fsp3) is 0.357. The molecule has 18 heavy (non-hydrogen) atoms. The summed E-state index contributed by atoms with van der Waals surface area (Å²) >= 11 is 0. The number of aryl methyl sites for hydroxylation is 2. The third kappa shape index (κ3) is 3.03. The van der Waals surface area contributed by atoms with Gasteiger partial charge in [0.1, 0.15) is 5.69 Å². The topological polar surface area (TPSA) is 47.8 Å². The Morgan fingerprint density at radius 1 is 1.28 bits per heavy atom. The molecule has 0 amide bonds. The van der Waals surface area contributed by atoms with E-state index in [9.17, 15) is 4.79 Å². The number of rotatable bonds is 6. The molecular formula is C14H17N3O. The van der Waals surface area contributed by atoms with Gasteiger partial charge in [-0.25, -0.2) is 4.68 Å². The lowest BCUT2D eigenvalue weighted by atomic mass is 10.1. The minimum atomic E-state index is 0.109. The molecule has 0 unspecified atom stereocenters. The molecule has 1 aromatic carbocycles. The lowest BCUT2D eigenvalue weighted by Gasteiger charge is -2.04. The molecule has 0 saturated carbocycles. The summed E-state index contributed by atoms with van der Waals surface area (Å²) in [5, 5.41) is 7.74. The fourth-order valence-electron chi connectivity index (χ4n) is 1.88. The van der Waals surface area contributed by atoms with Crippen molar-refractivity contribution in [3.63, 3.8) is 0 Å². The molecule has 4 heteroatoms. The zero-order chi connectivity index (χ0) is 12.8. The lowest BCUT2D eigenvalue weighted by Crippen LogP contribution is -2.11. The molecule has 2 aromatic rings. The van der Waals surface area contributed by atoms with Crippen LogP contribution in [0.4, 0.5) is 0 Å². The quantitative estimate of drug-likeness (QED) is 0.732. The molecule has 0 aliphatic carbocycles. The Balaban J connectivity index is 1.97. The van der Waals surface area contributed by atoms with Crippen molar-refractivity contribution in [2.45, 2.75) is 32.7 Å². The van der Waals surface area contributed by atoms with Gasteiger partial charge in [0, 0.05) is 13.0 Å². The van der Waals surface area contributed by atoms with Crippen molar-refractivity contribution < 1.29 is 4.79 Å². The summed E-state index contributed by atoms with van der Waals surface area (Å²) in [4.78, 5) is 12.1. The summed E-state index contributed by atoms with van der Waals surface area (Å²) in [5.41, 5.74) is 1.80. The predicted molar refractivity (Wildman–Crippen MR) is 69.4 cm³/mol. The van der Waals surface area contributed by atoms with Crippen molar-refractivity contribution in [2.75, 3.05) is 0 Å². The number of nitrogens with zero attached hydrogens (tertiary/aromatic N) is 3. The third-order valence-electron chi connectivity index (χ3n) is 2.82. The monoisotopic (exact) mass is 243 g/mol. The molecule has 0 N–H and O–H groups in total. The predicted octanol–water partition coefficient (Wildman–Crippen LogP) is 2.50. The van der Waals surface area contributed by atoms with Crippen molar-refractivity contribution in [1.82, 2.24) is 15.0 Å². The largest absolute Gasteiger partial charge is 0.292 e. The highest BCUT2D eigenvalue weighted by Crippen LogP contribution is 2.08. The van der Waals surface area contributed by atoms with Crippen LogP contribution < -0.4 is 0 Å². The van der Waals surface area contributed by atoms with E-state index in [0.29, 0.717) is 12.1 Å². The summed E-state index contributed by atoms with van der Waals surface area (Å²) in [6, 6.07) is 10.0. The van der Waals surface area contributed by atoms with Gasteiger partial charge in [0.2, 0.25) is 0 Å². The second-order valence-corrected chi connectivity index (χ2v) is 4.25. The van der Waals surface area contributed by atoms with E-state index in [1.807, 2.05) is 30.3 Å². The van der Waals surface area contributed by atoms with Crippen LogP contribution in [0.15, 0.2) is 36.5 Å². The van der Waals surface area contributed by atoms with Crippen molar-refractivity contribution >= 4 is 5.78 Å². The van der Waals surface area contributed by atoms with E-state index in [1.54, 1.807) is 10.9 Å². The first-order valence-corrected chi connectivity index (χ1v) is 6.27. The van der Waals surface area contributed by atoms with E-state index in [1.165, 1.54) is 5.56 Å². The standard InChI is InChI=1S/C14H17N3O/c1-2-10-17-13(11-15-16-17)14(18)9-8-12-6-4-3-5-7-12/h3-7,11H,2,8-10H2,1H3. The van der Waals surface area contributed by atoms with Crippen molar-refractivity contribution in [2.24, 2.45) is 0 Å². The highest BCUT2D eigenvalue weighted by Gasteiger charge is 2.12. The first-order valence-electron chi connectivity index (χ1n) is 6.27. The number of hydrogen-bond donors (Lipinski definition) is 0. The Labute approximate surface area is 107 Å². The first-order chi connectivity index (χ1) is 8.81. The molecule has 0 atom stereocenters. The molecule has 0 aliphatic heterocycles. The lowest BCUT2D eigenvalue weighted by molar-refractivity contribution is 0.0972. The summed E-state index contributed by atoms with van der Waals surface area (Å²) in [6.07, 6.45) is 3.77. The third-order valence-corrected chi connectivity index (χ3v) is 2.82. The summed E-state index contributed by atoms with van der Waals surface area (Å²) in [6.45, 7) is 2.80. The smallest absolute Gasteiger partial charge is 0.182 e. The van der Waals surface area contributed by atoms with Gasteiger partial charge in [-0.3, -0.25) is 4.79 Å². The zero-order valence-electron chi connectivity index (χ0n) is 10.5. The number of ketones is 1. The molecule has 1 aromatic heterocycles. The van der Waals surface area contributed by atoms with Gasteiger partial charge in [0.05, 0.1) is 6.20 Å². The Morgan fingerprint density at radius 3 is 2.78 bits per heavy atom. The van der Waals surface area contributed by atoms with Crippen molar-refractivity contribution in [3.8, 4) is 0 Å². The second kappa shape index (κ2) is 6.10. The molecule has 4 nitrogen and oxygen atoms in total. The van der Waals surface area contributed by atoms with Crippen LogP contribution in [0.3, 0.4) is 0 Å². The van der Waals surface area contributed by atoms with Crippen LogP contribution in [0.1, 0.15) is 35.8 Å². The molecule has 0 bridgehead atoms. The highest BCUT2D eigenvalue weighted by atomic mass is 16.1. The van der Waals surface area contributed by atoms with Gasteiger partial charge >= 0.3 is 0 Å². The Bertz CT molecular complexity index is 505. The molecule has 94 valence electrons. The van der Waals surface area contributed by atoms with E-state index in [4.69, 9.17) is 0 Å². The van der Waals surface area contributed by atoms with Crippen LogP contribution >= 0.6 is 0 Å². The molecule has 0 fully saturated rings. The summed E-state index contributed by atoms with van der Waals surface area (Å²) in [5.74, 6) is 0.109. The molecular weight excluding hydrogens is 226 g/mol. The Kier molecular flexibility index (Phi) is 4.23. The van der Waals surface area contributed by atoms with E-state index in [2.05, 4.69) is 17.2 Å². The summed E-state index contributed by atoms with van der Waals surface area (Å²) < 4.78 is 1.69. The van der Waals surface area contributed by atoms with Gasteiger partial charge in [0.25, 0.3) is 0 Å². The zero-order valence-corrected chi connectivity index (χ0v) is 10.5. The van der Waals surface area contributed by atoms with Crippen LogP contribution in [0.5, 0.6) is 0 Å². The molecule has 0 radical (unpaired) electrons. The van der Waals surface area contributed by atoms with Gasteiger partial charge in [-0.2, -0.15) is 0 Å². The van der Waals surface area contributed by atoms with E-state index in [0.717, 1.165) is 19.4 Å². The molecule has 0 saturated heterocycles. The maximum atomic E-state index is 12.1. The van der Waals surface area contributed by atoms with Gasteiger partial charge in [0.15, 0.2) is 5.78 Å². The highest BCUT2D eigenvalue weighted by molar-refractivity contribution is 5.94. The maximum Gasteiger partial charge on any atom is 0.182 e. The normalized spacial score (nSPS) is 10.5. The van der Waals surface area contributed by atoms with E-state index < -0.39 is 0 Å². The Morgan fingerprint density at radius 2 is 2.06 bits per heavy atom. The molecule has 0 aliphatic rings. The molecule has 2 rings (SSSR count). The van der Waals surface area contributed by atoms with Crippen LogP contribution in [0.2, 0.25) is 0 Å². The number of Topliss-reactive ketones (excluding diaryl/α,β-unsaturated/α-hetero) is 1. The van der Waals surface area contributed by atoms with Gasteiger partial charge in [-0.15, -0.1) is 5.10 Å². The van der Waals surface area contributed by atoms with Crippen molar-refractivity contribution in [3.05, 3.63) is 47.8 Å². The number of benzene rings is 1. The van der Waals surface area contributed by atoms with Crippen LogP contribution in [0.25, 0.3) is 0 Å². The Hall–Kier alpha value is -1.97. The SMILES string of the molecule is CCCn1nncc1C(=O)CCc1ccccc1. The minimum Gasteiger partial charge on any atom is -0.292 e. The van der Waals surface area contributed by atoms with E-state index >= 15 is 0 Å². The van der Waals surface area contributed by atoms with Gasteiger partial charge in [-0.05, 0) is 18.4 Å². The van der Waals surface area contributed by atoms with Crippen LogP contribution in [-0.2, 0) is 13.0 Å². The minimum absolute atomic E-state index is 0.109. The maximum absolute atomic E-state index is 12.1. The molecule has 1 heterocycles. The number of carbonyl (C=O) groups excluding carboxylic acids is 1. The van der Waals surface area contributed by atoms with Crippen LogP contribution in [-0.4, -0.2) is 20.8 Å². The average Bonchev–Trinajstić information content (AvgIpc) is 2.86. The fourth-order valence-corrected chi connectivity index (χ4v) is 1.88. The summed E-state index contributed by atoms with van der Waals surface area (Å²) in [7, 11) is 0. The average molecular weight is 243 g/mol. The second-order valence-electron chi connectivity index (χ2n) is 4.25. The number of hydrogen-bond acceptors (Lipinski definition) is 3. The van der Waals surface area contributed by atoms with Gasteiger partial charge < -0.3 is 0 Å². The first kappa shape index (κ1) is 12.5. The van der Waals surface area contributed by atoms with Crippen molar-refractivity contribution in [1.29, 1.82) is 0 Å². The molecule has 0 spiro atoms. The number of aromatic nitrogens is 3. The van der Waals surface area contributed by atoms with Gasteiger partial charge in [-0.1, -0.05) is 42.5 Å². The van der Waals surface area contributed by atoms with Crippen LogP contribution in [0, 0.1) is 0 Å². The van der Waals surface area contributed by atoms with E-state index in [-0.39, 0.29) is 5.78 Å².